The molecule has 0 radical (unpaired) electrons. The van der Waals surface area contributed by atoms with Crippen LogP contribution in [-0.2, 0) is 5.41 Å². The first kappa shape index (κ1) is 17.3. The molecule has 1 aliphatic heterocycles. The lowest BCUT2D eigenvalue weighted by Gasteiger charge is -2.33. The first-order chi connectivity index (χ1) is 11.3. The molecular formula is C20H22O2S2. The Kier molecular flexibility index (Phi) is 4.63. The van der Waals surface area contributed by atoms with E-state index in [-0.39, 0.29) is 5.41 Å². The third kappa shape index (κ3) is 3.31. The summed E-state index contributed by atoms with van der Waals surface area (Å²) in [6, 6.07) is 8.20. The Hall–Kier alpha value is -1.52. The van der Waals surface area contributed by atoms with Crippen molar-refractivity contribution in [3.63, 3.8) is 0 Å². The molecule has 3 rings (SSSR count). The van der Waals surface area contributed by atoms with Crippen LogP contribution in [0.3, 0.4) is 0 Å². The number of allylic oxidation sites excluding steroid dienone is 1. The number of aryl methyl sites for hydroxylation is 1. The molecule has 2 heterocycles. The average Bonchev–Trinajstić information content (AvgIpc) is 2.95. The maximum atomic E-state index is 11.0. The van der Waals surface area contributed by atoms with Gasteiger partial charge in [0.15, 0.2) is 0 Å². The molecule has 0 aliphatic carbocycles. The summed E-state index contributed by atoms with van der Waals surface area (Å²) in [6.07, 6.45) is 3.29. The fraction of sp³-hybridized carbons (Fsp3) is 0.350. The number of thiophene rings is 1. The molecule has 126 valence electrons. The Morgan fingerprint density at radius 2 is 2.04 bits per heavy atom. The largest absolute Gasteiger partial charge is 0.477 e. The number of hydrogen-bond donors (Lipinski definition) is 1. The van der Waals surface area contributed by atoms with Crippen molar-refractivity contribution < 1.29 is 9.90 Å². The number of thioether (sulfide) groups is 1. The van der Waals surface area contributed by atoms with Crippen molar-refractivity contribution in [2.24, 2.45) is 0 Å². The quantitative estimate of drug-likeness (QED) is 0.721. The Bertz CT molecular complexity index is 828. The van der Waals surface area contributed by atoms with Gasteiger partial charge in [-0.3, -0.25) is 0 Å². The number of carboxylic acids is 1. The van der Waals surface area contributed by atoms with Crippen molar-refractivity contribution in [1.29, 1.82) is 0 Å². The Morgan fingerprint density at radius 3 is 2.71 bits per heavy atom. The second kappa shape index (κ2) is 6.41. The molecule has 0 fully saturated rings. The SMILES string of the molecule is CC(=Cc1ccc(C(=O)O)s1)c1cc2c(cc1C)SCCC2(C)C. The van der Waals surface area contributed by atoms with E-state index >= 15 is 0 Å². The summed E-state index contributed by atoms with van der Waals surface area (Å²) in [5.41, 5.74) is 5.37. The number of aromatic carboxylic acids is 1. The van der Waals surface area contributed by atoms with Gasteiger partial charge in [0.2, 0.25) is 0 Å². The molecule has 1 aromatic heterocycles. The van der Waals surface area contributed by atoms with Crippen LogP contribution in [0.5, 0.6) is 0 Å². The topological polar surface area (TPSA) is 37.3 Å². The van der Waals surface area contributed by atoms with Crippen LogP contribution in [0, 0.1) is 6.92 Å². The van der Waals surface area contributed by atoms with E-state index in [0.29, 0.717) is 4.88 Å². The summed E-state index contributed by atoms with van der Waals surface area (Å²) in [6.45, 7) is 8.91. The number of hydrogen-bond acceptors (Lipinski definition) is 3. The van der Waals surface area contributed by atoms with E-state index in [1.54, 1.807) is 6.07 Å². The Balaban J connectivity index is 2.02. The Labute approximate surface area is 151 Å². The molecule has 0 amide bonds. The minimum atomic E-state index is -0.860. The lowest BCUT2D eigenvalue weighted by Crippen LogP contribution is -2.23. The second-order valence-corrected chi connectivity index (χ2v) is 9.23. The zero-order valence-electron chi connectivity index (χ0n) is 14.5. The number of fused-ring (bicyclic) bond motifs is 1. The molecule has 1 aliphatic rings. The van der Waals surface area contributed by atoms with Crippen LogP contribution < -0.4 is 0 Å². The van der Waals surface area contributed by atoms with Crippen LogP contribution in [0.4, 0.5) is 0 Å². The van der Waals surface area contributed by atoms with Gasteiger partial charge in [-0.2, -0.15) is 0 Å². The van der Waals surface area contributed by atoms with Crippen LogP contribution in [0.25, 0.3) is 11.6 Å². The number of carboxylic acid groups (broad SMARTS) is 1. The van der Waals surface area contributed by atoms with Crippen molar-refractivity contribution >= 4 is 40.7 Å². The van der Waals surface area contributed by atoms with Gasteiger partial charge in [0.25, 0.3) is 0 Å². The lowest BCUT2D eigenvalue weighted by molar-refractivity contribution is 0.0702. The molecule has 2 aromatic rings. The van der Waals surface area contributed by atoms with Gasteiger partial charge < -0.3 is 5.11 Å². The normalized spacial score (nSPS) is 16.8. The van der Waals surface area contributed by atoms with Crippen LogP contribution in [-0.4, -0.2) is 16.8 Å². The van der Waals surface area contributed by atoms with Crippen molar-refractivity contribution in [2.45, 2.75) is 44.4 Å². The molecule has 0 unspecified atom stereocenters. The van der Waals surface area contributed by atoms with E-state index in [9.17, 15) is 4.79 Å². The highest BCUT2D eigenvalue weighted by molar-refractivity contribution is 7.99. The number of benzene rings is 1. The van der Waals surface area contributed by atoms with Crippen LogP contribution in [0.2, 0.25) is 0 Å². The maximum Gasteiger partial charge on any atom is 0.345 e. The smallest absolute Gasteiger partial charge is 0.345 e. The second-order valence-electron chi connectivity index (χ2n) is 6.98. The van der Waals surface area contributed by atoms with E-state index < -0.39 is 5.97 Å². The third-order valence-electron chi connectivity index (χ3n) is 4.66. The molecule has 0 bridgehead atoms. The van der Waals surface area contributed by atoms with Crippen LogP contribution >= 0.6 is 23.1 Å². The Morgan fingerprint density at radius 1 is 1.29 bits per heavy atom. The predicted octanol–water partition coefficient (Wildman–Crippen LogP) is 6.09. The van der Waals surface area contributed by atoms with Crippen molar-refractivity contribution in [1.82, 2.24) is 0 Å². The molecule has 0 atom stereocenters. The number of carbonyl (C=O) groups is 1. The summed E-state index contributed by atoms with van der Waals surface area (Å²) in [7, 11) is 0. The highest BCUT2D eigenvalue weighted by Crippen LogP contribution is 2.43. The molecule has 24 heavy (non-hydrogen) atoms. The fourth-order valence-electron chi connectivity index (χ4n) is 3.14. The van der Waals surface area contributed by atoms with Gasteiger partial charge in [-0.1, -0.05) is 13.8 Å². The van der Waals surface area contributed by atoms with E-state index in [1.807, 2.05) is 17.8 Å². The molecule has 1 N–H and O–H groups in total. The third-order valence-corrected chi connectivity index (χ3v) is 6.74. The average molecular weight is 359 g/mol. The summed E-state index contributed by atoms with van der Waals surface area (Å²) in [4.78, 5) is 13.8. The summed E-state index contributed by atoms with van der Waals surface area (Å²) in [5.74, 6) is 0.321. The first-order valence-corrected chi connectivity index (χ1v) is 9.88. The van der Waals surface area contributed by atoms with Crippen molar-refractivity contribution in [3.05, 3.63) is 50.7 Å². The molecule has 0 saturated carbocycles. The lowest BCUT2D eigenvalue weighted by atomic mass is 9.80. The molecule has 4 heteroatoms. The van der Waals surface area contributed by atoms with Gasteiger partial charge in [0.1, 0.15) is 4.88 Å². The van der Waals surface area contributed by atoms with E-state index in [1.165, 1.54) is 50.7 Å². The van der Waals surface area contributed by atoms with Gasteiger partial charge >= 0.3 is 5.97 Å². The van der Waals surface area contributed by atoms with E-state index in [4.69, 9.17) is 5.11 Å². The standard InChI is InChI=1S/C20H22O2S2/c1-12(9-14-5-6-17(24-14)19(21)22)15-11-16-18(10-13(15)2)23-8-7-20(16,3)4/h5-6,9-11H,7-8H2,1-4H3,(H,21,22). The van der Waals surface area contributed by atoms with E-state index in [2.05, 4.69) is 45.9 Å². The molecule has 2 nitrogen and oxygen atoms in total. The first-order valence-electron chi connectivity index (χ1n) is 8.08. The fourth-order valence-corrected chi connectivity index (χ4v) is 5.57. The van der Waals surface area contributed by atoms with Gasteiger partial charge in [0, 0.05) is 9.77 Å². The van der Waals surface area contributed by atoms with Crippen LogP contribution in [0.1, 0.15) is 58.4 Å². The monoisotopic (exact) mass is 358 g/mol. The van der Waals surface area contributed by atoms with Crippen molar-refractivity contribution in [2.75, 3.05) is 5.75 Å². The zero-order chi connectivity index (χ0) is 17.5. The summed E-state index contributed by atoms with van der Waals surface area (Å²) >= 11 is 3.27. The van der Waals surface area contributed by atoms with Gasteiger partial charge in [-0.05, 0) is 84.0 Å². The predicted molar refractivity (Wildman–Crippen MR) is 104 cm³/mol. The van der Waals surface area contributed by atoms with Gasteiger partial charge in [-0.25, -0.2) is 4.79 Å². The number of rotatable bonds is 3. The molecule has 1 aromatic carbocycles. The molecular weight excluding hydrogens is 336 g/mol. The van der Waals surface area contributed by atoms with Gasteiger partial charge in [-0.15, -0.1) is 23.1 Å². The molecule has 0 saturated heterocycles. The van der Waals surface area contributed by atoms with Crippen molar-refractivity contribution in [3.8, 4) is 0 Å². The van der Waals surface area contributed by atoms with E-state index in [0.717, 1.165) is 4.88 Å². The minimum absolute atomic E-state index is 0.211. The maximum absolute atomic E-state index is 11.0. The molecule has 0 spiro atoms. The zero-order valence-corrected chi connectivity index (χ0v) is 16.1. The minimum Gasteiger partial charge on any atom is -0.477 e. The highest BCUT2D eigenvalue weighted by Gasteiger charge is 2.28. The van der Waals surface area contributed by atoms with Crippen LogP contribution in [0.15, 0.2) is 29.2 Å². The highest BCUT2D eigenvalue weighted by atomic mass is 32.2. The van der Waals surface area contributed by atoms with Gasteiger partial charge in [0.05, 0.1) is 0 Å². The summed E-state index contributed by atoms with van der Waals surface area (Å²) in [5, 5.41) is 9.07. The summed E-state index contributed by atoms with van der Waals surface area (Å²) < 4.78 is 0.